The fourth-order valence-corrected chi connectivity index (χ4v) is 5.67. The lowest BCUT2D eigenvalue weighted by Gasteiger charge is -2.27. The summed E-state index contributed by atoms with van der Waals surface area (Å²) in [5.74, 6) is -0.474. The van der Waals surface area contributed by atoms with Gasteiger partial charge in [-0.05, 0) is 41.5 Å². The number of hydrogen-bond acceptors (Lipinski definition) is 5. The summed E-state index contributed by atoms with van der Waals surface area (Å²) in [6, 6.07) is 27.6. The summed E-state index contributed by atoms with van der Waals surface area (Å²) in [5.41, 5.74) is 1.68. The van der Waals surface area contributed by atoms with Gasteiger partial charge in [-0.15, -0.1) is 0 Å². The first-order valence-corrected chi connectivity index (χ1v) is 13.4. The topological polar surface area (TPSA) is 84.9 Å². The van der Waals surface area contributed by atoms with Crippen LogP contribution in [-0.2, 0) is 14.8 Å². The smallest absolute Gasteiger partial charge is 0.264 e. The number of fused-ring (bicyclic) bond motifs is 1. The van der Waals surface area contributed by atoms with Crippen LogP contribution >= 0.6 is 0 Å². The van der Waals surface area contributed by atoms with Gasteiger partial charge in [0.25, 0.3) is 10.0 Å². The van der Waals surface area contributed by atoms with E-state index in [9.17, 15) is 17.6 Å². The Balaban J connectivity index is 1.48. The van der Waals surface area contributed by atoms with Gasteiger partial charge >= 0.3 is 0 Å². The predicted octanol–water partition coefficient (Wildman–Crippen LogP) is 4.70. The van der Waals surface area contributed by atoms with Crippen molar-refractivity contribution in [2.45, 2.75) is 10.9 Å². The maximum Gasteiger partial charge on any atom is 0.264 e. The summed E-state index contributed by atoms with van der Waals surface area (Å²) in [7, 11) is -4.29. The molecule has 0 saturated carbocycles. The second kappa shape index (κ2) is 10.9. The monoisotopic (exact) mass is 532 g/mol. The number of benzene rings is 4. The molecule has 0 saturated heterocycles. The fraction of sp³-hybridized carbons (Fsp3) is 0.138. The molecular formula is C29H25FN2O5S. The van der Waals surface area contributed by atoms with Crippen molar-refractivity contribution in [3.8, 4) is 11.5 Å². The third kappa shape index (κ3) is 5.47. The molecule has 5 rings (SSSR count). The standard InChI is InChI=1S/C29H25FN2O5S/c30-23-12-7-13-24(18-23)32(38(34,35)25-14-15-26-27(19-25)37-17-16-36-26)20-28(33)31-29(21-8-3-1-4-9-21)22-10-5-2-6-11-22/h1-15,18-19,29H,16-17,20H2,(H,31,33). The van der Waals surface area contributed by atoms with Crippen LogP contribution in [0.1, 0.15) is 17.2 Å². The van der Waals surface area contributed by atoms with E-state index in [1.54, 1.807) is 0 Å². The lowest BCUT2D eigenvalue weighted by atomic mass is 9.99. The molecule has 1 aliphatic rings. The molecule has 0 atom stereocenters. The molecule has 1 amide bonds. The Hall–Kier alpha value is -4.37. The first-order chi connectivity index (χ1) is 18.4. The molecule has 38 heavy (non-hydrogen) atoms. The van der Waals surface area contributed by atoms with Crippen LogP contribution in [0.2, 0.25) is 0 Å². The van der Waals surface area contributed by atoms with Crippen molar-refractivity contribution in [2.24, 2.45) is 0 Å². The zero-order chi connectivity index (χ0) is 26.5. The summed E-state index contributed by atoms with van der Waals surface area (Å²) in [6.07, 6.45) is 0. The van der Waals surface area contributed by atoms with E-state index in [1.165, 1.54) is 36.4 Å². The Bertz CT molecular complexity index is 1490. The SMILES string of the molecule is O=C(CN(c1cccc(F)c1)S(=O)(=O)c1ccc2c(c1)OCCO2)NC(c1ccccc1)c1ccccc1. The highest BCUT2D eigenvalue weighted by Crippen LogP contribution is 2.34. The van der Waals surface area contributed by atoms with E-state index in [4.69, 9.17) is 9.47 Å². The van der Waals surface area contributed by atoms with Gasteiger partial charge in [0.15, 0.2) is 11.5 Å². The molecule has 0 radical (unpaired) electrons. The van der Waals surface area contributed by atoms with E-state index < -0.39 is 34.3 Å². The van der Waals surface area contributed by atoms with Crippen molar-refractivity contribution < 1.29 is 27.1 Å². The molecule has 0 spiro atoms. The number of nitrogens with one attached hydrogen (secondary N) is 1. The van der Waals surface area contributed by atoms with Crippen molar-refractivity contribution in [1.82, 2.24) is 5.32 Å². The number of nitrogens with zero attached hydrogens (tertiary/aromatic N) is 1. The highest BCUT2D eigenvalue weighted by atomic mass is 32.2. The molecule has 0 bridgehead atoms. The van der Waals surface area contributed by atoms with Crippen molar-refractivity contribution >= 4 is 21.6 Å². The third-order valence-corrected chi connectivity index (χ3v) is 7.83. The molecule has 194 valence electrons. The van der Waals surface area contributed by atoms with Crippen molar-refractivity contribution in [3.63, 3.8) is 0 Å². The van der Waals surface area contributed by atoms with Crippen LogP contribution in [0.4, 0.5) is 10.1 Å². The van der Waals surface area contributed by atoms with Gasteiger partial charge in [0.05, 0.1) is 16.6 Å². The summed E-state index contributed by atoms with van der Waals surface area (Å²) < 4.78 is 53.7. The first-order valence-electron chi connectivity index (χ1n) is 12.0. The molecule has 0 unspecified atom stereocenters. The number of sulfonamides is 1. The Morgan fingerprint density at radius 3 is 2.08 bits per heavy atom. The fourth-order valence-electron chi connectivity index (χ4n) is 4.24. The van der Waals surface area contributed by atoms with Crippen LogP contribution in [0.25, 0.3) is 0 Å². The molecule has 1 N–H and O–H groups in total. The molecular weight excluding hydrogens is 507 g/mol. The largest absolute Gasteiger partial charge is 0.486 e. The molecule has 4 aromatic rings. The van der Waals surface area contributed by atoms with Crippen LogP contribution in [0.3, 0.4) is 0 Å². The van der Waals surface area contributed by atoms with E-state index in [-0.39, 0.29) is 22.9 Å². The van der Waals surface area contributed by atoms with Crippen LogP contribution in [-0.4, -0.2) is 34.1 Å². The second-order valence-corrected chi connectivity index (χ2v) is 10.5. The van der Waals surface area contributed by atoms with Gasteiger partial charge in [-0.2, -0.15) is 0 Å². The lowest BCUT2D eigenvalue weighted by Crippen LogP contribution is -2.42. The van der Waals surface area contributed by atoms with Gasteiger partial charge in [-0.25, -0.2) is 12.8 Å². The van der Waals surface area contributed by atoms with Crippen molar-refractivity contribution in [1.29, 1.82) is 0 Å². The molecule has 0 aliphatic carbocycles. The van der Waals surface area contributed by atoms with E-state index in [1.807, 2.05) is 60.7 Å². The summed E-state index contributed by atoms with van der Waals surface area (Å²) in [5, 5.41) is 2.95. The Morgan fingerprint density at radius 1 is 0.816 bits per heavy atom. The molecule has 0 fully saturated rings. The molecule has 4 aromatic carbocycles. The molecule has 1 aliphatic heterocycles. The van der Waals surface area contributed by atoms with E-state index >= 15 is 0 Å². The van der Waals surface area contributed by atoms with Gasteiger partial charge in [-0.3, -0.25) is 9.10 Å². The Kier molecular flexibility index (Phi) is 7.28. The van der Waals surface area contributed by atoms with Crippen LogP contribution < -0.4 is 19.1 Å². The number of anilines is 1. The van der Waals surface area contributed by atoms with Gasteiger partial charge in [0.2, 0.25) is 5.91 Å². The predicted molar refractivity (Wildman–Crippen MR) is 141 cm³/mol. The Morgan fingerprint density at radius 2 is 1.45 bits per heavy atom. The number of ether oxygens (including phenoxy) is 2. The zero-order valence-electron chi connectivity index (χ0n) is 20.3. The maximum absolute atomic E-state index is 14.2. The van der Waals surface area contributed by atoms with E-state index in [0.717, 1.165) is 21.5 Å². The summed E-state index contributed by atoms with van der Waals surface area (Å²) >= 11 is 0. The van der Waals surface area contributed by atoms with Gasteiger partial charge in [0, 0.05) is 6.07 Å². The lowest BCUT2D eigenvalue weighted by molar-refractivity contribution is -0.120. The third-order valence-electron chi connectivity index (χ3n) is 6.06. The zero-order valence-corrected chi connectivity index (χ0v) is 21.1. The molecule has 9 heteroatoms. The summed E-state index contributed by atoms with van der Waals surface area (Å²) in [4.78, 5) is 13.3. The average Bonchev–Trinajstić information content (AvgIpc) is 2.95. The van der Waals surface area contributed by atoms with Crippen LogP contribution in [0.15, 0.2) is 108 Å². The molecule has 7 nitrogen and oxygen atoms in total. The van der Waals surface area contributed by atoms with Gasteiger partial charge in [0.1, 0.15) is 25.6 Å². The number of amides is 1. The molecule has 0 aromatic heterocycles. The highest BCUT2D eigenvalue weighted by molar-refractivity contribution is 7.92. The normalized spacial score (nSPS) is 12.7. The first kappa shape index (κ1) is 25.3. The van der Waals surface area contributed by atoms with Crippen molar-refractivity contribution in [2.75, 3.05) is 24.1 Å². The maximum atomic E-state index is 14.2. The van der Waals surface area contributed by atoms with Gasteiger partial charge < -0.3 is 14.8 Å². The number of carbonyl (C=O) groups excluding carboxylic acids is 1. The quantitative estimate of drug-likeness (QED) is 0.356. The minimum absolute atomic E-state index is 0.0195. The van der Waals surface area contributed by atoms with E-state index in [0.29, 0.717) is 12.4 Å². The summed E-state index contributed by atoms with van der Waals surface area (Å²) in [6.45, 7) is 0.0714. The van der Waals surface area contributed by atoms with Crippen LogP contribution in [0, 0.1) is 5.82 Å². The van der Waals surface area contributed by atoms with Crippen molar-refractivity contribution in [3.05, 3.63) is 120 Å². The van der Waals surface area contributed by atoms with Gasteiger partial charge in [-0.1, -0.05) is 66.7 Å². The minimum Gasteiger partial charge on any atom is -0.486 e. The Labute approximate surface area is 220 Å². The average molecular weight is 533 g/mol. The number of hydrogen-bond donors (Lipinski definition) is 1. The number of halogens is 1. The van der Waals surface area contributed by atoms with Crippen LogP contribution in [0.5, 0.6) is 11.5 Å². The molecule has 1 heterocycles. The highest BCUT2D eigenvalue weighted by Gasteiger charge is 2.30. The number of carbonyl (C=O) groups is 1. The second-order valence-electron chi connectivity index (χ2n) is 8.62. The minimum atomic E-state index is -4.29. The van der Waals surface area contributed by atoms with E-state index in [2.05, 4.69) is 5.32 Å². The number of rotatable bonds is 8.